The molecule has 0 amide bonds. The van der Waals surface area contributed by atoms with Gasteiger partial charge in [0, 0.05) is 16.8 Å². The van der Waals surface area contributed by atoms with Crippen LogP contribution in [0.4, 0.5) is 0 Å². The first-order valence-electron chi connectivity index (χ1n) is 4.49. The van der Waals surface area contributed by atoms with Crippen LogP contribution < -0.4 is 0 Å². The van der Waals surface area contributed by atoms with Gasteiger partial charge in [0.25, 0.3) is 0 Å². The van der Waals surface area contributed by atoms with E-state index in [1.165, 1.54) is 16.9 Å². The molecule has 1 aromatic carbocycles. The molecule has 1 aromatic heterocycles. The minimum absolute atomic E-state index is 0.112. The Labute approximate surface area is 102 Å². The largest absolute Gasteiger partial charge is 0.292 e. The van der Waals surface area contributed by atoms with E-state index in [9.17, 15) is 4.79 Å². The van der Waals surface area contributed by atoms with Crippen LogP contribution in [0.5, 0.6) is 0 Å². The molecule has 0 saturated heterocycles. The Morgan fingerprint density at radius 3 is 2.81 bits per heavy atom. The molecule has 2 aromatic rings. The van der Waals surface area contributed by atoms with E-state index in [0.29, 0.717) is 15.6 Å². The normalized spacial score (nSPS) is 10.4. The quantitative estimate of drug-likeness (QED) is 0.792. The molecule has 0 saturated carbocycles. The molecule has 0 unspecified atom stereocenters. The van der Waals surface area contributed by atoms with E-state index >= 15 is 0 Å². The zero-order valence-electron chi connectivity index (χ0n) is 8.10. The third kappa shape index (κ3) is 2.40. The summed E-state index contributed by atoms with van der Waals surface area (Å²) < 4.78 is 1.44. The van der Waals surface area contributed by atoms with Crippen molar-refractivity contribution in [3.63, 3.8) is 0 Å². The molecule has 1 heterocycles. The zero-order valence-corrected chi connectivity index (χ0v) is 9.61. The van der Waals surface area contributed by atoms with Gasteiger partial charge >= 0.3 is 0 Å². The second kappa shape index (κ2) is 4.63. The van der Waals surface area contributed by atoms with Crippen molar-refractivity contribution in [3.05, 3.63) is 46.2 Å². The minimum Gasteiger partial charge on any atom is -0.292 e. The lowest BCUT2D eigenvalue weighted by Crippen LogP contribution is -2.11. The molecule has 82 valence electrons. The molecule has 2 rings (SSSR count). The monoisotopic (exact) mass is 255 g/mol. The topological polar surface area (TPSA) is 47.8 Å². The second-order valence-corrected chi connectivity index (χ2v) is 3.99. The van der Waals surface area contributed by atoms with Gasteiger partial charge in [0.2, 0.25) is 0 Å². The molecule has 0 fully saturated rings. The molecule has 0 aliphatic rings. The van der Waals surface area contributed by atoms with Crippen molar-refractivity contribution >= 4 is 29.0 Å². The van der Waals surface area contributed by atoms with Crippen molar-refractivity contribution in [3.8, 4) is 0 Å². The molecule has 0 atom stereocenters. The number of hydrogen-bond donors (Lipinski definition) is 0. The van der Waals surface area contributed by atoms with Crippen LogP contribution in [0.2, 0.25) is 10.0 Å². The fourth-order valence-electron chi connectivity index (χ4n) is 1.26. The summed E-state index contributed by atoms with van der Waals surface area (Å²) in [6.07, 6.45) is 3.12. The number of ketones is 1. The fraction of sp³-hybridized carbons (Fsp3) is 0.100. The highest BCUT2D eigenvalue weighted by molar-refractivity contribution is 6.36. The van der Waals surface area contributed by atoms with Crippen LogP contribution in [0.15, 0.2) is 30.6 Å². The molecule has 0 aliphatic carbocycles. The Hall–Kier alpha value is -1.39. The number of carbonyl (C=O) groups excluding carboxylic acids is 1. The lowest BCUT2D eigenvalue weighted by Gasteiger charge is -2.03. The lowest BCUT2D eigenvalue weighted by molar-refractivity contribution is 0.0967. The standard InChI is InChI=1S/C10H7Cl2N3O/c11-7-1-2-8(9(12)5-7)10(16)6-15-4-3-13-14-15/h1-5H,6H2. The number of halogens is 2. The highest BCUT2D eigenvalue weighted by atomic mass is 35.5. The smallest absolute Gasteiger partial charge is 0.185 e. The van der Waals surface area contributed by atoms with Crippen LogP contribution in [0.1, 0.15) is 10.4 Å². The molecule has 0 N–H and O–H groups in total. The Bertz CT molecular complexity index is 511. The van der Waals surface area contributed by atoms with Gasteiger partial charge in [-0.25, -0.2) is 4.68 Å². The van der Waals surface area contributed by atoms with Crippen LogP contribution in [0.25, 0.3) is 0 Å². The van der Waals surface area contributed by atoms with Crippen LogP contribution >= 0.6 is 23.2 Å². The third-order valence-electron chi connectivity index (χ3n) is 2.01. The molecule has 0 bridgehead atoms. The van der Waals surface area contributed by atoms with Gasteiger partial charge < -0.3 is 0 Å². The van der Waals surface area contributed by atoms with E-state index in [-0.39, 0.29) is 12.3 Å². The van der Waals surface area contributed by atoms with Gasteiger partial charge in [0.1, 0.15) is 6.54 Å². The number of Topliss-reactive ketones (excluding diaryl/α,β-unsaturated/α-hetero) is 1. The van der Waals surface area contributed by atoms with Gasteiger partial charge in [0.15, 0.2) is 5.78 Å². The summed E-state index contributed by atoms with van der Waals surface area (Å²) in [6.45, 7) is 0.112. The van der Waals surface area contributed by atoms with Crippen LogP contribution in [0.3, 0.4) is 0 Å². The van der Waals surface area contributed by atoms with E-state index in [0.717, 1.165) is 0 Å². The predicted molar refractivity (Wildman–Crippen MR) is 60.8 cm³/mol. The molecule has 4 nitrogen and oxygen atoms in total. The summed E-state index contributed by atoms with van der Waals surface area (Å²) in [5.41, 5.74) is 0.432. The summed E-state index contributed by atoms with van der Waals surface area (Å²) in [5, 5.41) is 8.16. The molecule has 0 radical (unpaired) electrons. The Morgan fingerprint density at radius 2 is 2.19 bits per heavy atom. The summed E-state index contributed by atoms with van der Waals surface area (Å²) >= 11 is 11.7. The van der Waals surface area contributed by atoms with E-state index in [4.69, 9.17) is 23.2 Å². The maximum absolute atomic E-state index is 11.8. The van der Waals surface area contributed by atoms with Crippen molar-refractivity contribution in [1.82, 2.24) is 15.0 Å². The molecular formula is C10H7Cl2N3O. The van der Waals surface area contributed by atoms with Crippen molar-refractivity contribution in [1.29, 1.82) is 0 Å². The highest BCUT2D eigenvalue weighted by Gasteiger charge is 2.11. The van der Waals surface area contributed by atoms with Crippen LogP contribution in [0, 0.1) is 0 Å². The number of carbonyl (C=O) groups is 1. The Balaban J connectivity index is 2.21. The molecular weight excluding hydrogens is 249 g/mol. The average molecular weight is 256 g/mol. The molecule has 16 heavy (non-hydrogen) atoms. The maximum Gasteiger partial charge on any atom is 0.185 e. The molecule has 0 spiro atoms. The SMILES string of the molecule is O=C(Cn1ccnn1)c1ccc(Cl)cc1Cl. The highest BCUT2D eigenvalue weighted by Crippen LogP contribution is 2.21. The summed E-state index contributed by atoms with van der Waals surface area (Å²) in [5.74, 6) is -0.132. The maximum atomic E-state index is 11.8. The van der Waals surface area contributed by atoms with E-state index in [2.05, 4.69) is 10.3 Å². The lowest BCUT2D eigenvalue weighted by atomic mass is 10.1. The first-order valence-corrected chi connectivity index (χ1v) is 5.25. The van der Waals surface area contributed by atoms with E-state index < -0.39 is 0 Å². The van der Waals surface area contributed by atoms with Gasteiger partial charge in [-0.3, -0.25) is 4.79 Å². The molecule has 0 aliphatic heterocycles. The average Bonchev–Trinajstić information content (AvgIpc) is 2.70. The second-order valence-electron chi connectivity index (χ2n) is 3.15. The third-order valence-corrected chi connectivity index (χ3v) is 2.56. The first kappa shape index (κ1) is 11.1. The van der Waals surface area contributed by atoms with Gasteiger partial charge in [-0.05, 0) is 18.2 Å². The number of nitrogens with zero attached hydrogens (tertiary/aromatic N) is 3. The first-order chi connectivity index (χ1) is 7.66. The Kier molecular flexibility index (Phi) is 3.22. The number of rotatable bonds is 3. The number of hydrogen-bond acceptors (Lipinski definition) is 3. The van der Waals surface area contributed by atoms with Crippen molar-refractivity contribution in [2.24, 2.45) is 0 Å². The van der Waals surface area contributed by atoms with Gasteiger partial charge in [-0.2, -0.15) is 0 Å². The minimum atomic E-state index is -0.132. The van der Waals surface area contributed by atoms with Crippen LogP contribution in [-0.4, -0.2) is 20.8 Å². The Morgan fingerprint density at radius 1 is 1.38 bits per heavy atom. The van der Waals surface area contributed by atoms with Crippen molar-refractivity contribution in [2.75, 3.05) is 0 Å². The summed E-state index contributed by atoms with van der Waals surface area (Å²) in [6, 6.07) is 4.77. The van der Waals surface area contributed by atoms with E-state index in [1.807, 2.05) is 0 Å². The van der Waals surface area contributed by atoms with Gasteiger partial charge in [-0.1, -0.05) is 28.4 Å². The predicted octanol–water partition coefficient (Wildman–Crippen LogP) is 2.47. The number of benzene rings is 1. The van der Waals surface area contributed by atoms with Gasteiger partial charge in [0.05, 0.1) is 11.2 Å². The number of aromatic nitrogens is 3. The summed E-state index contributed by atoms with van der Waals surface area (Å²) in [7, 11) is 0. The van der Waals surface area contributed by atoms with Gasteiger partial charge in [-0.15, -0.1) is 5.10 Å². The van der Waals surface area contributed by atoms with Crippen molar-refractivity contribution < 1.29 is 4.79 Å². The zero-order chi connectivity index (χ0) is 11.5. The van der Waals surface area contributed by atoms with Crippen molar-refractivity contribution in [2.45, 2.75) is 6.54 Å². The summed E-state index contributed by atoms with van der Waals surface area (Å²) in [4.78, 5) is 11.8. The van der Waals surface area contributed by atoms with E-state index in [1.54, 1.807) is 18.3 Å². The molecule has 6 heteroatoms. The fourth-order valence-corrected chi connectivity index (χ4v) is 1.78. The van der Waals surface area contributed by atoms with Crippen LogP contribution in [-0.2, 0) is 6.54 Å².